The molecule has 0 spiro atoms. The van der Waals surface area contributed by atoms with Crippen molar-refractivity contribution in [2.45, 2.75) is 13.8 Å². The minimum Gasteiger partial charge on any atom is -0.326 e. The van der Waals surface area contributed by atoms with Gasteiger partial charge >= 0.3 is 0 Å². The molecule has 8 heteroatoms. The smallest absolute Gasteiger partial charge is 0.265 e. The second-order valence-electron chi connectivity index (χ2n) is 6.52. The van der Waals surface area contributed by atoms with Crippen molar-refractivity contribution in [1.82, 2.24) is 9.78 Å². The maximum atomic E-state index is 13.2. The predicted molar refractivity (Wildman–Crippen MR) is 112 cm³/mol. The van der Waals surface area contributed by atoms with Gasteiger partial charge in [-0.2, -0.15) is 5.10 Å². The fourth-order valence-corrected chi connectivity index (χ4v) is 4.07. The summed E-state index contributed by atoms with van der Waals surface area (Å²) in [6, 6.07) is 14.8. The number of halogens is 1. The Bertz CT molecular complexity index is 1230. The molecule has 0 radical (unpaired) electrons. The predicted octanol–water partition coefficient (Wildman–Crippen LogP) is 4.75. The molecule has 146 valence electrons. The minimum absolute atomic E-state index is 0.182. The van der Waals surface area contributed by atoms with Crippen LogP contribution in [0.15, 0.2) is 54.6 Å². The van der Waals surface area contributed by atoms with Crippen LogP contribution in [0.3, 0.4) is 0 Å². The van der Waals surface area contributed by atoms with E-state index in [1.165, 1.54) is 30.4 Å². The first-order valence-corrected chi connectivity index (χ1v) is 9.66. The minimum atomic E-state index is -0.318. The van der Waals surface area contributed by atoms with E-state index < -0.39 is 0 Å². The van der Waals surface area contributed by atoms with Crippen molar-refractivity contribution >= 4 is 44.7 Å². The highest BCUT2D eigenvalue weighted by molar-refractivity contribution is 7.20. The zero-order chi connectivity index (χ0) is 20.5. The van der Waals surface area contributed by atoms with Crippen LogP contribution < -0.4 is 10.6 Å². The number of thiophene rings is 1. The monoisotopic (exact) mass is 408 g/mol. The summed E-state index contributed by atoms with van der Waals surface area (Å²) in [6.07, 6.45) is 0. The third-order valence-corrected chi connectivity index (χ3v) is 5.39. The molecule has 0 atom stereocenters. The zero-order valence-electron chi connectivity index (χ0n) is 15.7. The molecule has 2 heterocycles. The first-order chi connectivity index (χ1) is 13.9. The maximum absolute atomic E-state index is 13.2. The summed E-state index contributed by atoms with van der Waals surface area (Å²) in [5, 5.41) is 10.9. The molecule has 0 aliphatic carbocycles. The molecule has 0 aliphatic rings. The molecule has 0 fully saturated rings. The summed E-state index contributed by atoms with van der Waals surface area (Å²) >= 11 is 1.31. The number of hydrogen-bond donors (Lipinski definition) is 2. The molecule has 2 N–H and O–H groups in total. The van der Waals surface area contributed by atoms with E-state index in [0.29, 0.717) is 16.3 Å². The number of amides is 2. The summed E-state index contributed by atoms with van der Waals surface area (Å²) in [6.45, 7) is 3.29. The largest absolute Gasteiger partial charge is 0.326 e. The van der Waals surface area contributed by atoms with Gasteiger partial charge in [0.15, 0.2) is 0 Å². The molecule has 4 aromatic rings. The van der Waals surface area contributed by atoms with Crippen molar-refractivity contribution in [2.24, 2.45) is 0 Å². The highest BCUT2D eigenvalue weighted by atomic mass is 32.1. The van der Waals surface area contributed by atoms with E-state index in [-0.39, 0.29) is 17.6 Å². The number of anilines is 2. The molecule has 6 nitrogen and oxygen atoms in total. The quantitative estimate of drug-likeness (QED) is 0.512. The van der Waals surface area contributed by atoms with Crippen molar-refractivity contribution in [1.29, 1.82) is 0 Å². The SMILES string of the molecule is CC(=O)Nc1cccc(NC(=O)c2cc3c(C)nn(-c4ccc(F)cc4)c3s2)c1. The summed E-state index contributed by atoms with van der Waals surface area (Å²) in [5.41, 5.74) is 2.69. The van der Waals surface area contributed by atoms with Crippen LogP contribution in [-0.2, 0) is 4.79 Å². The lowest BCUT2D eigenvalue weighted by atomic mass is 10.2. The van der Waals surface area contributed by atoms with Crippen LogP contribution in [0.1, 0.15) is 22.3 Å². The molecule has 2 amide bonds. The molecule has 0 unspecified atom stereocenters. The molecule has 0 saturated carbocycles. The Morgan fingerprint density at radius 3 is 2.41 bits per heavy atom. The summed E-state index contributed by atoms with van der Waals surface area (Å²) in [4.78, 5) is 25.3. The first kappa shape index (κ1) is 18.8. The Morgan fingerprint density at radius 2 is 1.72 bits per heavy atom. The van der Waals surface area contributed by atoms with Gasteiger partial charge in [-0.15, -0.1) is 11.3 Å². The van der Waals surface area contributed by atoms with Gasteiger partial charge in [0.25, 0.3) is 5.91 Å². The lowest BCUT2D eigenvalue weighted by Gasteiger charge is -2.07. The van der Waals surface area contributed by atoms with Crippen LogP contribution in [0.5, 0.6) is 0 Å². The normalized spacial score (nSPS) is 10.9. The van der Waals surface area contributed by atoms with Gasteiger partial charge in [0, 0.05) is 23.7 Å². The molecule has 0 aliphatic heterocycles. The number of rotatable bonds is 4. The van der Waals surface area contributed by atoms with Gasteiger partial charge in [-0.05, 0) is 55.5 Å². The molecule has 2 aromatic carbocycles. The van der Waals surface area contributed by atoms with Crippen molar-refractivity contribution in [2.75, 3.05) is 10.6 Å². The molecule has 2 aromatic heterocycles. The van der Waals surface area contributed by atoms with Crippen LogP contribution in [0, 0.1) is 12.7 Å². The van der Waals surface area contributed by atoms with Crippen LogP contribution >= 0.6 is 11.3 Å². The second kappa shape index (κ2) is 7.48. The molecule has 29 heavy (non-hydrogen) atoms. The van der Waals surface area contributed by atoms with Gasteiger partial charge in [-0.3, -0.25) is 9.59 Å². The van der Waals surface area contributed by atoms with E-state index in [1.807, 2.05) is 6.92 Å². The number of carbonyl (C=O) groups is 2. The average molecular weight is 408 g/mol. The van der Waals surface area contributed by atoms with Crippen LogP contribution in [0.2, 0.25) is 0 Å². The van der Waals surface area contributed by atoms with Crippen molar-refractivity contribution in [3.63, 3.8) is 0 Å². The van der Waals surface area contributed by atoms with Gasteiger partial charge in [-0.1, -0.05) is 6.07 Å². The van der Waals surface area contributed by atoms with Crippen LogP contribution in [0.4, 0.5) is 15.8 Å². The zero-order valence-corrected chi connectivity index (χ0v) is 16.5. The highest BCUT2D eigenvalue weighted by Crippen LogP contribution is 2.31. The molecular weight excluding hydrogens is 391 g/mol. The van der Waals surface area contributed by atoms with Crippen molar-refractivity contribution in [3.05, 3.63) is 71.0 Å². The van der Waals surface area contributed by atoms with Gasteiger partial charge in [-0.25, -0.2) is 9.07 Å². The van der Waals surface area contributed by atoms with E-state index in [2.05, 4.69) is 15.7 Å². The van der Waals surface area contributed by atoms with E-state index >= 15 is 0 Å². The molecule has 4 rings (SSSR count). The molecule has 0 saturated heterocycles. The van der Waals surface area contributed by atoms with Gasteiger partial charge in [0.05, 0.1) is 16.3 Å². The summed E-state index contributed by atoms with van der Waals surface area (Å²) in [7, 11) is 0. The molecular formula is C21H17FN4O2S. The number of benzene rings is 2. The Kier molecular flexibility index (Phi) is 4.85. The number of fused-ring (bicyclic) bond motifs is 1. The number of nitrogens with one attached hydrogen (secondary N) is 2. The van der Waals surface area contributed by atoms with Crippen molar-refractivity contribution in [3.8, 4) is 5.69 Å². The number of carbonyl (C=O) groups excluding carboxylic acids is 2. The number of hydrogen-bond acceptors (Lipinski definition) is 4. The lowest BCUT2D eigenvalue weighted by molar-refractivity contribution is -0.114. The maximum Gasteiger partial charge on any atom is 0.265 e. The topological polar surface area (TPSA) is 76.0 Å². The standard InChI is InChI=1S/C21H17FN4O2S/c1-12-18-11-19(20(28)24-16-5-3-4-15(10-16)23-13(2)27)29-21(18)26(25-12)17-8-6-14(22)7-9-17/h3-11H,1-2H3,(H,23,27)(H,24,28). The fraction of sp³-hybridized carbons (Fsp3) is 0.0952. The lowest BCUT2D eigenvalue weighted by Crippen LogP contribution is -2.11. The number of aromatic nitrogens is 2. The van der Waals surface area contributed by atoms with E-state index in [1.54, 1.807) is 47.1 Å². The summed E-state index contributed by atoms with van der Waals surface area (Å²) < 4.78 is 14.9. The van der Waals surface area contributed by atoms with Gasteiger partial charge < -0.3 is 10.6 Å². The fourth-order valence-electron chi connectivity index (χ4n) is 2.99. The highest BCUT2D eigenvalue weighted by Gasteiger charge is 2.17. The first-order valence-electron chi connectivity index (χ1n) is 8.85. The average Bonchev–Trinajstić information content (AvgIpc) is 3.23. The van der Waals surface area contributed by atoms with Crippen molar-refractivity contribution < 1.29 is 14.0 Å². The Labute approximate surface area is 170 Å². The van der Waals surface area contributed by atoms with E-state index in [4.69, 9.17) is 0 Å². The summed E-state index contributed by atoms with van der Waals surface area (Å²) in [5.74, 6) is -0.753. The second-order valence-corrected chi connectivity index (χ2v) is 7.55. The number of nitrogens with zero attached hydrogens (tertiary/aromatic N) is 2. The third kappa shape index (κ3) is 3.88. The molecule has 0 bridgehead atoms. The van der Waals surface area contributed by atoms with Gasteiger partial charge in [0.2, 0.25) is 5.91 Å². The van der Waals surface area contributed by atoms with E-state index in [0.717, 1.165) is 21.6 Å². The number of aryl methyl sites for hydroxylation is 1. The van der Waals surface area contributed by atoms with Crippen LogP contribution in [-0.4, -0.2) is 21.6 Å². The van der Waals surface area contributed by atoms with Crippen LogP contribution in [0.25, 0.3) is 15.9 Å². The Morgan fingerprint density at radius 1 is 1.03 bits per heavy atom. The Hall–Kier alpha value is -3.52. The Balaban J connectivity index is 1.63. The van der Waals surface area contributed by atoms with E-state index in [9.17, 15) is 14.0 Å². The van der Waals surface area contributed by atoms with Gasteiger partial charge in [0.1, 0.15) is 10.6 Å². The third-order valence-electron chi connectivity index (χ3n) is 4.28.